The standard InChI is InChI=1S/C23H32N4O2/c28-21(12-23-9-16-6-17(10-23)8-18(7-16)11-23)26-15-22(29)27-5-4-25-14-20(27)19-2-1-3-24-13-19/h1-3,13,16-18,20,25H,4-12,14-15H2,(H,26,28). The summed E-state index contributed by atoms with van der Waals surface area (Å²) in [4.78, 5) is 31.8. The second-order valence-electron chi connectivity index (χ2n) is 9.96. The number of carbonyl (C=O) groups is 2. The highest BCUT2D eigenvalue weighted by Gasteiger charge is 2.51. The van der Waals surface area contributed by atoms with Gasteiger partial charge in [-0.3, -0.25) is 14.6 Å². The average molecular weight is 397 g/mol. The number of nitrogens with one attached hydrogen (secondary N) is 2. The molecule has 0 spiro atoms. The zero-order chi connectivity index (χ0) is 19.8. The lowest BCUT2D eigenvalue weighted by atomic mass is 9.49. The Balaban J connectivity index is 1.17. The van der Waals surface area contributed by atoms with E-state index in [9.17, 15) is 9.59 Å². The van der Waals surface area contributed by atoms with Crippen molar-refractivity contribution in [2.24, 2.45) is 23.2 Å². The number of carbonyl (C=O) groups excluding carboxylic acids is 2. The minimum Gasteiger partial charge on any atom is -0.347 e. The van der Waals surface area contributed by atoms with Crippen molar-refractivity contribution in [1.82, 2.24) is 20.5 Å². The highest BCUT2D eigenvalue weighted by atomic mass is 16.2. The number of hydrogen-bond acceptors (Lipinski definition) is 4. The Morgan fingerprint density at radius 1 is 1.17 bits per heavy atom. The van der Waals surface area contributed by atoms with Crippen LogP contribution in [-0.4, -0.2) is 47.9 Å². The van der Waals surface area contributed by atoms with Crippen molar-refractivity contribution in [1.29, 1.82) is 0 Å². The van der Waals surface area contributed by atoms with E-state index >= 15 is 0 Å². The number of aromatic nitrogens is 1. The molecule has 156 valence electrons. The van der Waals surface area contributed by atoms with Crippen LogP contribution in [0.4, 0.5) is 0 Å². The molecule has 29 heavy (non-hydrogen) atoms. The Morgan fingerprint density at radius 2 is 1.90 bits per heavy atom. The predicted octanol–water partition coefficient (Wildman–Crippen LogP) is 2.28. The van der Waals surface area contributed by atoms with Crippen LogP contribution in [0.25, 0.3) is 0 Å². The number of hydrogen-bond donors (Lipinski definition) is 2. The van der Waals surface area contributed by atoms with Gasteiger partial charge in [-0.1, -0.05) is 6.07 Å². The maximum absolute atomic E-state index is 12.9. The van der Waals surface area contributed by atoms with Crippen molar-refractivity contribution in [2.45, 2.75) is 51.0 Å². The molecule has 6 rings (SSSR count). The maximum Gasteiger partial charge on any atom is 0.242 e. The topological polar surface area (TPSA) is 74.3 Å². The molecule has 1 aromatic heterocycles. The van der Waals surface area contributed by atoms with Gasteiger partial charge in [0.05, 0.1) is 12.6 Å². The van der Waals surface area contributed by atoms with Crippen LogP contribution >= 0.6 is 0 Å². The second kappa shape index (κ2) is 7.71. The Labute approximate surface area is 172 Å². The molecule has 4 bridgehead atoms. The van der Waals surface area contributed by atoms with E-state index in [0.29, 0.717) is 13.0 Å². The fourth-order valence-electron chi connectivity index (χ4n) is 7.06. The van der Waals surface area contributed by atoms with Gasteiger partial charge in [0, 0.05) is 38.4 Å². The molecule has 4 aliphatic carbocycles. The zero-order valence-corrected chi connectivity index (χ0v) is 17.1. The van der Waals surface area contributed by atoms with Crippen LogP contribution in [0.1, 0.15) is 56.6 Å². The molecule has 5 aliphatic rings. The van der Waals surface area contributed by atoms with Gasteiger partial charge in [0.1, 0.15) is 0 Å². The van der Waals surface area contributed by atoms with E-state index in [1.807, 2.05) is 23.2 Å². The van der Waals surface area contributed by atoms with Gasteiger partial charge in [-0.2, -0.15) is 0 Å². The summed E-state index contributed by atoms with van der Waals surface area (Å²) < 4.78 is 0. The van der Waals surface area contributed by atoms with E-state index in [1.54, 1.807) is 6.20 Å². The fourth-order valence-corrected chi connectivity index (χ4v) is 7.06. The van der Waals surface area contributed by atoms with E-state index in [4.69, 9.17) is 0 Å². The largest absolute Gasteiger partial charge is 0.347 e. The molecule has 5 fully saturated rings. The quantitative estimate of drug-likeness (QED) is 0.801. The lowest BCUT2D eigenvalue weighted by molar-refractivity contribution is -0.137. The summed E-state index contributed by atoms with van der Waals surface area (Å²) >= 11 is 0. The number of pyridine rings is 1. The van der Waals surface area contributed by atoms with Crippen LogP contribution in [0.3, 0.4) is 0 Å². The fraction of sp³-hybridized carbons (Fsp3) is 0.696. The van der Waals surface area contributed by atoms with Crippen LogP contribution in [0.2, 0.25) is 0 Å². The Morgan fingerprint density at radius 3 is 2.55 bits per heavy atom. The molecule has 2 amide bonds. The summed E-state index contributed by atoms with van der Waals surface area (Å²) in [6.45, 7) is 2.26. The molecular formula is C23H32N4O2. The minimum atomic E-state index is -0.0231. The maximum atomic E-state index is 12.9. The molecule has 1 saturated heterocycles. The van der Waals surface area contributed by atoms with E-state index in [0.717, 1.165) is 36.4 Å². The lowest BCUT2D eigenvalue weighted by Gasteiger charge is -2.56. The van der Waals surface area contributed by atoms with Gasteiger partial charge in [0.2, 0.25) is 11.8 Å². The minimum absolute atomic E-state index is 0.000727. The number of piperazine rings is 1. The average Bonchev–Trinajstić information content (AvgIpc) is 2.71. The monoisotopic (exact) mass is 396 g/mol. The highest BCUT2D eigenvalue weighted by Crippen LogP contribution is 2.61. The number of amides is 2. The molecule has 4 saturated carbocycles. The number of rotatable bonds is 5. The van der Waals surface area contributed by atoms with Gasteiger partial charge in [-0.15, -0.1) is 0 Å². The van der Waals surface area contributed by atoms with E-state index in [-0.39, 0.29) is 29.8 Å². The molecule has 1 atom stereocenters. The van der Waals surface area contributed by atoms with Crippen LogP contribution in [0.5, 0.6) is 0 Å². The highest BCUT2D eigenvalue weighted by molar-refractivity contribution is 5.85. The summed E-state index contributed by atoms with van der Waals surface area (Å²) in [5, 5.41) is 6.32. The molecule has 2 heterocycles. The first kappa shape index (κ1) is 19.0. The summed E-state index contributed by atoms with van der Waals surface area (Å²) in [7, 11) is 0. The van der Waals surface area contributed by atoms with Gasteiger partial charge in [0.15, 0.2) is 0 Å². The van der Waals surface area contributed by atoms with Crippen LogP contribution < -0.4 is 10.6 Å². The summed E-state index contributed by atoms with van der Waals surface area (Å²) in [6, 6.07) is 3.89. The third kappa shape index (κ3) is 3.91. The zero-order valence-electron chi connectivity index (χ0n) is 17.1. The lowest BCUT2D eigenvalue weighted by Crippen LogP contribution is -2.52. The molecule has 0 aromatic carbocycles. The van der Waals surface area contributed by atoms with Gasteiger partial charge in [0.25, 0.3) is 0 Å². The molecule has 1 aliphatic heterocycles. The SMILES string of the molecule is O=C(CC12CC3CC(CC(C3)C1)C2)NCC(=O)N1CCNCC1c1cccnc1. The Kier molecular flexibility index (Phi) is 5.06. The van der Waals surface area contributed by atoms with Gasteiger partial charge >= 0.3 is 0 Å². The number of nitrogens with zero attached hydrogens (tertiary/aromatic N) is 2. The van der Waals surface area contributed by atoms with Gasteiger partial charge < -0.3 is 15.5 Å². The van der Waals surface area contributed by atoms with Crippen molar-refractivity contribution in [2.75, 3.05) is 26.2 Å². The summed E-state index contributed by atoms with van der Waals surface area (Å²) in [5.74, 6) is 2.60. The van der Waals surface area contributed by atoms with Crippen molar-refractivity contribution < 1.29 is 9.59 Å². The van der Waals surface area contributed by atoms with E-state index in [1.165, 1.54) is 38.5 Å². The molecule has 0 radical (unpaired) electrons. The molecule has 6 heteroatoms. The van der Waals surface area contributed by atoms with Crippen LogP contribution in [0.15, 0.2) is 24.5 Å². The second-order valence-corrected chi connectivity index (χ2v) is 9.96. The molecule has 1 aromatic rings. The third-order valence-corrected chi connectivity index (χ3v) is 7.77. The predicted molar refractivity (Wildman–Crippen MR) is 110 cm³/mol. The van der Waals surface area contributed by atoms with E-state index < -0.39 is 0 Å². The van der Waals surface area contributed by atoms with Gasteiger partial charge in [-0.25, -0.2) is 0 Å². The Hall–Kier alpha value is -1.95. The van der Waals surface area contributed by atoms with Crippen molar-refractivity contribution in [3.63, 3.8) is 0 Å². The molecule has 2 N–H and O–H groups in total. The summed E-state index contributed by atoms with van der Waals surface area (Å²) in [5.41, 5.74) is 1.25. The van der Waals surface area contributed by atoms with Crippen LogP contribution in [-0.2, 0) is 9.59 Å². The van der Waals surface area contributed by atoms with Crippen molar-refractivity contribution >= 4 is 11.8 Å². The normalized spacial score (nSPS) is 35.5. The summed E-state index contributed by atoms with van der Waals surface area (Å²) in [6.07, 6.45) is 12.0. The van der Waals surface area contributed by atoms with Gasteiger partial charge in [-0.05, 0) is 73.3 Å². The Bertz CT molecular complexity index is 730. The van der Waals surface area contributed by atoms with Crippen molar-refractivity contribution in [3.8, 4) is 0 Å². The molecule has 1 unspecified atom stereocenters. The van der Waals surface area contributed by atoms with Crippen LogP contribution in [0, 0.1) is 23.2 Å². The first-order valence-electron chi connectivity index (χ1n) is 11.3. The molecular weight excluding hydrogens is 364 g/mol. The van der Waals surface area contributed by atoms with Crippen molar-refractivity contribution in [3.05, 3.63) is 30.1 Å². The van der Waals surface area contributed by atoms with E-state index in [2.05, 4.69) is 15.6 Å². The third-order valence-electron chi connectivity index (χ3n) is 7.77. The smallest absolute Gasteiger partial charge is 0.242 e. The first-order valence-corrected chi connectivity index (χ1v) is 11.3. The molecule has 6 nitrogen and oxygen atoms in total. The first-order chi connectivity index (χ1) is 14.1.